The van der Waals surface area contributed by atoms with E-state index in [0.29, 0.717) is 52.3 Å². The fourth-order valence-corrected chi connectivity index (χ4v) is 4.24. The first-order valence-corrected chi connectivity index (χ1v) is 11.3. The zero-order valence-electron chi connectivity index (χ0n) is 17.8. The number of pyridine rings is 1. The van der Waals surface area contributed by atoms with Crippen LogP contribution in [0.5, 0.6) is 17.2 Å². The van der Waals surface area contributed by atoms with Gasteiger partial charge in [-0.25, -0.2) is 0 Å². The number of benzene rings is 2. The molecule has 0 radical (unpaired) electrons. The third-order valence-corrected chi connectivity index (χ3v) is 6.27. The number of hydrogen-bond acceptors (Lipinski definition) is 5. The lowest BCUT2D eigenvalue weighted by Crippen LogP contribution is -2.20. The minimum atomic E-state index is -0.904. The molecule has 1 aliphatic heterocycles. The van der Waals surface area contributed by atoms with E-state index in [1.807, 2.05) is 18.2 Å². The second-order valence-corrected chi connectivity index (χ2v) is 8.81. The van der Waals surface area contributed by atoms with Crippen LogP contribution in [0.3, 0.4) is 0 Å². The predicted molar refractivity (Wildman–Crippen MR) is 123 cm³/mol. The summed E-state index contributed by atoms with van der Waals surface area (Å²) in [6.07, 6.45) is 2.99. The minimum Gasteiger partial charge on any atom is -0.493 e. The molecule has 1 unspecified atom stereocenters. The number of hydrogen-bond donors (Lipinski definition) is 1. The van der Waals surface area contributed by atoms with E-state index in [9.17, 15) is 14.7 Å². The smallest absolute Gasteiger partial charge is 0.311 e. The van der Waals surface area contributed by atoms with E-state index < -0.39 is 11.9 Å². The Morgan fingerprint density at radius 1 is 1.09 bits per heavy atom. The van der Waals surface area contributed by atoms with Gasteiger partial charge >= 0.3 is 5.97 Å². The number of carbonyl (C=O) groups excluding carboxylic acids is 1. The Labute approximate surface area is 196 Å². The lowest BCUT2D eigenvalue weighted by molar-refractivity contribution is -0.139. The molecule has 1 saturated carbocycles. The molecule has 1 aromatic heterocycles. The minimum absolute atomic E-state index is 0.0121. The highest BCUT2D eigenvalue weighted by atomic mass is 35.5. The van der Waals surface area contributed by atoms with Gasteiger partial charge in [-0.2, -0.15) is 0 Å². The summed E-state index contributed by atoms with van der Waals surface area (Å²) in [6.45, 7) is 0.320. The molecule has 33 heavy (non-hydrogen) atoms. The van der Waals surface area contributed by atoms with E-state index in [1.165, 1.54) is 12.8 Å². The van der Waals surface area contributed by atoms with Crippen LogP contribution in [0.4, 0.5) is 0 Å². The number of aromatic nitrogens is 1. The van der Waals surface area contributed by atoms with Gasteiger partial charge in [0.25, 0.3) is 0 Å². The van der Waals surface area contributed by atoms with Crippen molar-refractivity contribution >= 4 is 23.4 Å². The summed E-state index contributed by atoms with van der Waals surface area (Å²) in [5.74, 6) is 0.313. The van der Waals surface area contributed by atoms with Crippen molar-refractivity contribution in [3.63, 3.8) is 0 Å². The summed E-state index contributed by atoms with van der Waals surface area (Å²) < 4.78 is 11.5. The van der Waals surface area contributed by atoms with E-state index in [2.05, 4.69) is 4.98 Å². The molecule has 2 aromatic carbocycles. The summed E-state index contributed by atoms with van der Waals surface area (Å²) in [6, 6.07) is 15.9. The van der Waals surface area contributed by atoms with Gasteiger partial charge in [-0.3, -0.25) is 14.6 Å². The van der Waals surface area contributed by atoms with E-state index in [1.54, 1.807) is 36.4 Å². The Kier molecular flexibility index (Phi) is 5.77. The van der Waals surface area contributed by atoms with Gasteiger partial charge in [0.1, 0.15) is 17.2 Å². The molecule has 2 heterocycles. The van der Waals surface area contributed by atoms with Gasteiger partial charge in [0.2, 0.25) is 0 Å². The van der Waals surface area contributed by atoms with Crippen molar-refractivity contribution in [1.29, 1.82) is 0 Å². The van der Waals surface area contributed by atoms with Crippen molar-refractivity contribution in [1.82, 2.24) is 4.98 Å². The van der Waals surface area contributed by atoms with Crippen molar-refractivity contribution in [2.75, 3.05) is 6.61 Å². The van der Waals surface area contributed by atoms with Gasteiger partial charge in [0.05, 0.1) is 24.0 Å². The monoisotopic (exact) mass is 463 g/mol. The Morgan fingerprint density at radius 2 is 1.88 bits per heavy atom. The lowest BCUT2D eigenvalue weighted by atomic mass is 9.93. The van der Waals surface area contributed by atoms with Crippen LogP contribution in [0.15, 0.2) is 54.6 Å². The van der Waals surface area contributed by atoms with Gasteiger partial charge in [-0.05, 0) is 61.7 Å². The highest BCUT2D eigenvalue weighted by Crippen LogP contribution is 2.42. The average Bonchev–Trinajstić information content (AvgIpc) is 3.65. The van der Waals surface area contributed by atoms with Gasteiger partial charge in [-0.15, -0.1) is 0 Å². The zero-order chi connectivity index (χ0) is 22.9. The molecule has 5 rings (SSSR count). The molecule has 0 amide bonds. The largest absolute Gasteiger partial charge is 0.493 e. The molecule has 0 saturated heterocycles. The fraction of sp³-hybridized carbons (Fsp3) is 0.269. The molecule has 168 valence electrons. The third kappa shape index (κ3) is 4.71. The van der Waals surface area contributed by atoms with Gasteiger partial charge < -0.3 is 14.6 Å². The van der Waals surface area contributed by atoms with Crippen LogP contribution in [-0.2, 0) is 11.2 Å². The van der Waals surface area contributed by atoms with Gasteiger partial charge in [0, 0.05) is 34.5 Å². The Bertz CT molecular complexity index is 1220. The number of ether oxygens (including phenoxy) is 2. The van der Waals surface area contributed by atoms with Gasteiger partial charge in [-0.1, -0.05) is 17.7 Å². The Hall–Kier alpha value is -3.38. The molecule has 2 aliphatic rings. The molecule has 1 N–H and O–H groups in total. The Morgan fingerprint density at radius 3 is 2.61 bits per heavy atom. The second kappa shape index (κ2) is 8.87. The number of carboxylic acids is 1. The predicted octanol–water partition coefficient (Wildman–Crippen LogP) is 5.78. The van der Waals surface area contributed by atoms with Crippen molar-refractivity contribution in [3.05, 3.63) is 82.1 Å². The number of ketones is 1. The van der Waals surface area contributed by atoms with Crippen molar-refractivity contribution < 1.29 is 24.2 Å². The maximum atomic E-state index is 12.7. The van der Waals surface area contributed by atoms with E-state index in [4.69, 9.17) is 21.1 Å². The van der Waals surface area contributed by atoms with Crippen molar-refractivity contribution in [2.24, 2.45) is 0 Å². The topological polar surface area (TPSA) is 85.7 Å². The molecule has 1 atom stereocenters. The normalized spacial score (nSPS) is 17.1. The maximum absolute atomic E-state index is 12.7. The van der Waals surface area contributed by atoms with Crippen LogP contribution >= 0.6 is 11.6 Å². The van der Waals surface area contributed by atoms with Crippen LogP contribution in [0.2, 0.25) is 5.02 Å². The number of carboxylic acid groups (broad SMARTS) is 1. The molecular weight excluding hydrogens is 442 g/mol. The fourth-order valence-electron chi connectivity index (χ4n) is 4.03. The summed E-state index contributed by atoms with van der Waals surface area (Å²) in [7, 11) is 0. The molecule has 0 bridgehead atoms. The molecule has 7 heteroatoms. The first-order chi connectivity index (χ1) is 16.0. The van der Waals surface area contributed by atoms with Crippen molar-refractivity contribution in [3.8, 4) is 17.2 Å². The SMILES string of the molecule is O=C(Cc1cccc(C2CC2)n1)c1ccc(Oc2cc3c(cc2Cl)C(C(=O)O)CCO3)cc1. The van der Waals surface area contributed by atoms with E-state index >= 15 is 0 Å². The van der Waals surface area contributed by atoms with Crippen LogP contribution < -0.4 is 9.47 Å². The molecule has 0 spiro atoms. The molecular formula is C26H22ClNO5. The number of fused-ring (bicyclic) bond motifs is 1. The van der Waals surface area contributed by atoms with Crippen LogP contribution in [-0.4, -0.2) is 28.4 Å². The van der Waals surface area contributed by atoms with E-state index in [-0.39, 0.29) is 12.2 Å². The number of aliphatic carboxylic acids is 1. The Balaban J connectivity index is 1.28. The summed E-state index contributed by atoms with van der Waals surface area (Å²) >= 11 is 6.36. The quantitative estimate of drug-likeness (QED) is 0.447. The summed E-state index contributed by atoms with van der Waals surface area (Å²) in [4.78, 5) is 28.8. The molecule has 1 aliphatic carbocycles. The maximum Gasteiger partial charge on any atom is 0.311 e. The number of Topliss-reactive ketones (excluding diaryl/α,β-unsaturated/α-hetero) is 1. The van der Waals surface area contributed by atoms with E-state index in [0.717, 1.165) is 11.4 Å². The summed E-state index contributed by atoms with van der Waals surface area (Å²) in [5, 5.41) is 9.72. The lowest BCUT2D eigenvalue weighted by Gasteiger charge is -2.24. The summed E-state index contributed by atoms with van der Waals surface area (Å²) in [5.41, 5.74) is 2.98. The molecule has 1 fully saturated rings. The highest BCUT2D eigenvalue weighted by Gasteiger charge is 2.29. The second-order valence-electron chi connectivity index (χ2n) is 8.40. The van der Waals surface area contributed by atoms with Gasteiger partial charge in [0.15, 0.2) is 5.78 Å². The number of rotatable bonds is 7. The standard InChI is InChI=1S/C26H22ClNO5/c27-21-13-20-19(26(30)31)10-11-32-24(20)14-25(21)33-18-8-6-16(7-9-18)23(29)12-17-2-1-3-22(28-17)15-4-5-15/h1-3,6-9,13-15,19H,4-5,10-12H2,(H,30,31). The van der Waals surface area contributed by atoms with Crippen molar-refractivity contribution in [2.45, 2.75) is 37.5 Å². The number of nitrogens with zero attached hydrogens (tertiary/aromatic N) is 1. The third-order valence-electron chi connectivity index (χ3n) is 5.97. The number of halogens is 1. The number of carbonyl (C=O) groups is 2. The van der Waals surface area contributed by atoms with Crippen LogP contribution in [0.1, 0.15) is 58.4 Å². The van der Waals surface area contributed by atoms with Crippen LogP contribution in [0, 0.1) is 0 Å². The average molecular weight is 464 g/mol. The zero-order valence-corrected chi connectivity index (χ0v) is 18.5. The van der Waals surface area contributed by atoms with Crippen LogP contribution in [0.25, 0.3) is 0 Å². The molecule has 6 nitrogen and oxygen atoms in total. The first-order valence-electron chi connectivity index (χ1n) is 10.9. The highest BCUT2D eigenvalue weighted by molar-refractivity contribution is 6.32. The molecule has 3 aromatic rings. The first kappa shape index (κ1) is 21.5.